The van der Waals surface area contributed by atoms with Crippen LogP contribution in [0.3, 0.4) is 0 Å². The number of halogens is 1. The van der Waals surface area contributed by atoms with E-state index in [2.05, 4.69) is 15.5 Å². The Hall–Kier alpha value is -1.84. The summed E-state index contributed by atoms with van der Waals surface area (Å²) in [4.78, 5) is 30.4. The summed E-state index contributed by atoms with van der Waals surface area (Å²) in [6.45, 7) is 7.72. The highest BCUT2D eigenvalue weighted by Crippen LogP contribution is 2.19. The zero-order chi connectivity index (χ0) is 20.4. The Balaban J connectivity index is 0.00000420. The zero-order valence-corrected chi connectivity index (χ0v) is 19.8. The van der Waals surface area contributed by atoms with Crippen molar-refractivity contribution in [2.45, 2.75) is 46.1 Å². The normalized spacial score (nSPS) is 16.7. The minimum atomic E-state index is -0.244. The van der Waals surface area contributed by atoms with Gasteiger partial charge in [0.2, 0.25) is 5.91 Å². The number of aliphatic imine (C=N–C) groups is 1. The molecule has 1 atom stereocenters. The van der Waals surface area contributed by atoms with Crippen molar-refractivity contribution in [1.29, 1.82) is 0 Å². The first kappa shape index (κ1) is 25.2. The van der Waals surface area contributed by atoms with Gasteiger partial charge in [-0.25, -0.2) is 4.99 Å². The lowest BCUT2D eigenvalue weighted by molar-refractivity contribution is -0.119. The van der Waals surface area contributed by atoms with Crippen LogP contribution in [-0.4, -0.2) is 48.9 Å². The molecule has 0 saturated carbocycles. The first-order valence-corrected chi connectivity index (χ1v) is 10.2. The molecule has 8 heteroatoms. The molecule has 2 amide bonds. The van der Waals surface area contributed by atoms with E-state index < -0.39 is 0 Å². The van der Waals surface area contributed by atoms with Gasteiger partial charge in [0, 0.05) is 38.2 Å². The second kappa shape index (κ2) is 13.4. The van der Waals surface area contributed by atoms with Crippen molar-refractivity contribution in [3.05, 3.63) is 35.4 Å². The molecule has 1 aliphatic heterocycles. The van der Waals surface area contributed by atoms with E-state index in [4.69, 9.17) is 10.7 Å². The standard InChI is InChI=1S/C21H33N5O2.HI/c1-3-10-24-20(28)18-9-5-7-16(12-18)14-25-21(23-4-2)26-11-6-8-17(15-26)13-19(22)27;/h5,7,9,12,17H,3-4,6,8,10-11,13-15H2,1-2H3,(H2,22,27)(H,23,25)(H,24,28);1H. The lowest BCUT2D eigenvalue weighted by Gasteiger charge is -2.34. The lowest BCUT2D eigenvalue weighted by Crippen LogP contribution is -2.47. The Morgan fingerprint density at radius 2 is 2.07 bits per heavy atom. The Labute approximate surface area is 190 Å². The van der Waals surface area contributed by atoms with Crippen LogP contribution in [0.2, 0.25) is 0 Å². The summed E-state index contributed by atoms with van der Waals surface area (Å²) < 4.78 is 0. The minimum Gasteiger partial charge on any atom is -0.370 e. The molecule has 1 saturated heterocycles. The molecule has 0 bridgehead atoms. The van der Waals surface area contributed by atoms with Gasteiger partial charge in [-0.3, -0.25) is 9.59 Å². The zero-order valence-electron chi connectivity index (χ0n) is 17.4. The number of piperidine rings is 1. The van der Waals surface area contributed by atoms with Gasteiger partial charge in [0.1, 0.15) is 0 Å². The van der Waals surface area contributed by atoms with Gasteiger partial charge in [-0.2, -0.15) is 0 Å². The number of carbonyl (C=O) groups is 2. The van der Waals surface area contributed by atoms with Gasteiger partial charge in [0.15, 0.2) is 5.96 Å². The number of carbonyl (C=O) groups excluding carboxylic acids is 2. The number of likely N-dealkylation sites (tertiary alicyclic amines) is 1. The molecule has 1 unspecified atom stereocenters. The molecule has 1 aliphatic rings. The smallest absolute Gasteiger partial charge is 0.251 e. The number of rotatable bonds is 8. The number of nitrogens with one attached hydrogen (secondary N) is 2. The van der Waals surface area contributed by atoms with E-state index in [1.807, 2.05) is 38.1 Å². The van der Waals surface area contributed by atoms with Crippen molar-refractivity contribution in [3.63, 3.8) is 0 Å². The summed E-state index contributed by atoms with van der Waals surface area (Å²) in [6, 6.07) is 7.59. The third kappa shape index (κ3) is 8.59. The van der Waals surface area contributed by atoms with E-state index in [0.717, 1.165) is 50.4 Å². The summed E-state index contributed by atoms with van der Waals surface area (Å²) in [6.07, 6.45) is 3.38. The van der Waals surface area contributed by atoms with Crippen molar-refractivity contribution >= 4 is 41.8 Å². The maximum absolute atomic E-state index is 12.2. The second-order valence-corrected chi connectivity index (χ2v) is 7.25. The Bertz CT molecular complexity index is 695. The van der Waals surface area contributed by atoms with Crippen molar-refractivity contribution in [1.82, 2.24) is 15.5 Å². The van der Waals surface area contributed by atoms with E-state index in [1.54, 1.807) is 0 Å². The highest BCUT2D eigenvalue weighted by Gasteiger charge is 2.23. The molecule has 0 radical (unpaired) electrons. The van der Waals surface area contributed by atoms with Gasteiger partial charge in [0.05, 0.1) is 6.54 Å². The summed E-state index contributed by atoms with van der Waals surface area (Å²) in [5.74, 6) is 0.829. The van der Waals surface area contributed by atoms with Crippen LogP contribution in [0.25, 0.3) is 0 Å². The van der Waals surface area contributed by atoms with Gasteiger partial charge in [-0.05, 0) is 49.8 Å². The Morgan fingerprint density at radius 3 is 2.76 bits per heavy atom. The summed E-state index contributed by atoms with van der Waals surface area (Å²) in [5, 5.41) is 6.24. The number of primary amides is 1. The largest absolute Gasteiger partial charge is 0.370 e. The van der Waals surface area contributed by atoms with Crippen LogP contribution in [0.5, 0.6) is 0 Å². The highest BCUT2D eigenvalue weighted by atomic mass is 127. The molecule has 0 aromatic heterocycles. The summed E-state index contributed by atoms with van der Waals surface area (Å²) in [7, 11) is 0. The molecule has 7 nitrogen and oxygen atoms in total. The third-order valence-corrected chi connectivity index (χ3v) is 4.78. The number of hydrogen-bond donors (Lipinski definition) is 3. The van der Waals surface area contributed by atoms with Crippen LogP contribution in [0.4, 0.5) is 0 Å². The van der Waals surface area contributed by atoms with E-state index in [-0.39, 0.29) is 41.7 Å². The molecule has 2 rings (SSSR count). The first-order valence-electron chi connectivity index (χ1n) is 10.2. The number of guanidine groups is 1. The van der Waals surface area contributed by atoms with E-state index in [0.29, 0.717) is 25.1 Å². The molecule has 162 valence electrons. The molecule has 4 N–H and O–H groups in total. The van der Waals surface area contributed by atoms with Crippen LogP contribution < -0.4 is 16.4 Å². The average Bonchev–Trinajstić information content (AvgIpc) is 2.69. The maximum Gasteiger partial charge on any atom is 0.251 e. The fourth-order valence-corrected chi connectivity index (χ4v) is 3.45. The van der Waals surface area contributed by atoms with Crippen LogP contribution in [0, 0.1) is 5.92 Å². The first-order chi connectivity index (χ1) is 13.5. The third-order valence-electron chi connectivity index (χ3n) is 4.78. The fourth-order valence-electron chi connectivity index (χ4n) is 3.45. The Morgan fingerprint density at radius 1 is 1.28 bits per heavy atom. The molecule has 0 aliphatic carbocycles. The average molecular weight is 515 g/mol. The number of nitrogens with two attached hydrogens (primary N) is 1. The predicted octanol–water partition coefficient (Wildman–Crippen LogP) is 2.50. The van der Waals surface area contributed by atoms with Crippen molar-refractivity contribution < 1.29 is 9.59 Å². The number of hydrogen-bond acceptors (Lipinski definition) is 3. The molecular formula is C21H34IN5O2. The van der Waals surface area contributed by atoms with Crippen LogP contribution in [-0.2, 0) is 11.3 Å². The molecule has 29 heavy (non-hydrogen) atoms. The summed E-state index contributed by atoms with van der Waals surface area (Å²) >= 11 is 0. The minimum absolute atomic E-state index is 0. The van der Waals surface area contributed by atoms with Crippen molar-refractivity contribution in [2.75, 3.05) is 26.2 Å². The second-order valence-electron chi connectivity index (χ2n) is 7.25. The van der Waals surface area contributed by atoms with Crippen molar-refractivity contribution in [3.8, 4) is 0 Å². The van der Waals surface area contributed by atoms with Crippen LogP contribution in [0.15, 0.2) is 29.3 Å². The van der Waals surface area contributed by atoms with E-state index in [1.165, 1.54) is 0 Å². The molecule has 1 heterocycles. The number of benzene rings is 1. The topological polar surface area (TPSA) is 99.8 Å². The molecule has 1 aromatic rings. The van der Waals surface area contributed by atoms with E-state index in [9.17, 15) is 9.59 Å². The van der Waals surface area contributed by atoms with Crippen LogP contribution in [0.1, 0.15) is 55.5 Å². The van der Waals surface area contributed by atoms with E-state index >= 15 is 0 Å². The van der Waals surface area contributed by atoms with Gasteiger partial charge in [-0.15, -0.1) is 24.0 Å². The maximum atomic E-state index is 12.2. The predicted molar refractivity (Wildman–Crippen MR) is 127 cm³/mol. The van der Waals surface area contributed by atoms with Crippen molar-refractivity contribution in [2.24, 2.45) is 16.6 Å². The quantitative estimate of drug-likeness (QED) is 0.282. The van der Waals surface area contributed by atoms with Gasteiger partial charge in [0.25, 0.3) is 5.91 Å². The summed E-state index contributed by atoms with van der Waals surface area (Å²) in [5.41, 5.74) is 7.02. The van der Waals surface area contributed by atoms with Gasteiger partial charge < -0.3 is 21.3 Å². The SMILES string of the molecule is CCCNC(=O)c1cccc(CN=C(NCC)N2CCCC(CC(N)=O)C2)c1.I. The molecule has 1 fully saturated rings. The molecule has 1 aromatic carbocycles. The van der Waals surface area contributed by atoms with Crippen LogP contribution >= 0.6 is 24.0 Å². The highest BCUT2D eigenvalue weighted by molar-refractivity contribution is 14.0. The number of amides is 2. The Kier molecular flexibility index (Phi) is 11.6. The fraction of sp³-hybridized carbons (Fsp3) is 0.571. The van der Waals surface area contributed by atoms with Gasteiger partial charge >= 0.3 is 0 Å². The molecular weight excluding hydrogens is 481 g/mol. The van der Waals surface area contributed by atoms with Gasteiger partial charge in [-0.1, -0.05) is 19.1 Å². The number of nitrogens with zero attached hydrogens (tertiary/aromatic N) is 2. The lowest BCUT2D eigenvalue weighted by atomic mass is 9.95. The molecule has 0 spiro atoms. The monoisotopic (exact) mass is 515 g/mol.